The normalized spacial score (nSPS) is 18.7. The van der Waals surface area contributed by atoms with Crippen LogP contribution in [0.5, 0.6) is 0 Å². The Morgan fingerprint density at radius 2 is 2.22 bits per heavy atom. The molecule has 0 unspecified atom stereocenters. The predicted molar refractivity (Wildman–Crippen MR) is 82.0 cm³/mol. The second kappa shape index (κ2) is 7.01. The van der Waals surface area contributed by atoms with Crippen LogP contribution in [0.25, 0.3) is 0 Å². The van der Waals surface area contributed by atoms with Crippen molar-refractivity contribution in [2.24, 2.45) is 5.73 Å². The molecule has 0 saturated carbocycles. The van der Waals surface area contributed by atoms with Gasteiger partial charge in [0.15, 0.2) is 0 Å². The van der Waals surface area contributed by atoms with Crippen LogP contribution < -0.4 is 5.73 Å². The van der Waals surface area contributed by atoms with Crippen LogP contribution in [0.2, 0.25) is 0 Å². The number of piperidine rings is 1. The van der Waals surface area contributed by atoms with E-state index in [9.17, 15) is 0 Å². The molecule has 18 heavy (non-hydrogen) atoms. The Morgan fingerprint density at radius 3 is 2.83 bits per heavy atom. The molecule has 1 fully saturated rings. The van der Waals surface area contributed by atoms with E-state index in [1.165, 1.54) is 22.4 Å². The fourth-order valence-corrected chi connectivity index (χ4v) is 3.80. The highest BCUT2D eigenvalue weighted by Gasteiger charge is 2.15. The molecular formula is C13H22BrN3S. The topological polar surface area (TPSA) is 32.5 Å². The Hall–Kier alpha value is 0.0600. The number of likely N-dealkylation sites (tertiary alicyclic amines) is 1. The average molecular weight is 332 g/mol. The molecule has 0 spiro atoms. The first kappa shape index (κ1) is 14.5. The number of thiophene rings is 1. The first-order valence-corrected chi connectivity index (χ1v) is 8.20. The van der Waals surface area contributed by atoms with E-state index in [0.717, 1.165) is 32.5 Å². The van der Waals surface area contributed by atoms with Crippen LogP contribution >= 0.6 is 27.3 Å². The maximum atomic E-state index is 5.92. The molecule has 1 aromatic heterocycles. The Kier molecular flexibility index (Phi) is 5.63. The largest absolute Gasteiger partial charge is 0.328 e. The maximum Gasteiger partial charge on any atom is 0.0325 e. The molecule has 2 rings (SSSR count). The molecule has 5 heteroatoms. The fourth-order valence-electron chi connectivity index (χ4n) is 2.27. The zero-order chi connectivity index (χ0) is 13.0. The summed E-state index contributed by atoms with van der Waals surface area (Å²) < 4.78 is 1.20. The number of halogens is 1. The minimum Gasteiger partial charge on any atom is -0.328 e. The molecule has 3 nitrogen and oxygen atoms in total. The van der Waals surface area contributed by atoms with Gasteiger partial charge in [-0.1, -0.05) is 0 Å². The third-order valence-corrected chi connectivity index (χ3v) is 5.16. The van der Waals surface area contributed by atoms with Crippen LogP contribution in [-0.2, 0) is 6.54 Å². The summed E-state index contributed by atoms with van der Waals surface area (Å²) in [6, 6.07) is 2.64. The lowest BCUT2D eigenvalue weighted by molar-refractivity contribution is 0.184. The number of nitrogens with two attached hydrogens (primary N) is 1. The number of likely N-dealkylation sites (N-methyl/N-ethyl adjacent to an activating group) is 1. The Bertz CT molecular complexity index is 361. The maximum absolute atomic E-state index is 5.92. The van der Waals surface area contributed by atoms with E-state index in [1.807, 2.05) is 11.3 Å². The smallest absolute Gasteiger partial charge is 0.0325 e. The molecule has 0 radical (unpaired) electrons. The van der Waals surface area contributed by atoms with Gasteiger partial charge in [-0.15, -0.1) is 11.3 Å². The van der Waals surface area contributed by atoms with Crippen LogP contribution in [0, 0.1) is 0 Å². The summed E-state index contributed by atoms with van der Waals surface area (Å²) in [6.07, 6.45) is 2.31. The summed E-state index contributed by atoms with van der Waals surface area (Å²) in [5.74, 6) is 0. The lowest BCUT2D eigenvalue weighted by Crippen LogP contribution is -2.42. The number of nitrogens with zero attached hydrogens (tertiary/aromatic N) is 2. The summed E-state index contributed by atoms with van der Waals surface area (Å²) in [6.45, 7) is 5.67. The molecule has 1 aromatic rings. The number of hydrogen-bond acceptors (Lipinski definition) is 4. The van der Waals surface area contributed by atoms with Gasteiger partial charge in [-0.25, -0.2) is 0 Å². The molecular weight excluding hydrogens is 310 g/mol. The minimum absolute atomic E-state index is 0.433. The van der Waals surface area contributed by atoms with E-state index in [-0.39, 0.29) is 0 Å². The minimum atomic E-state index is 0.433. The van der Waals surface area contributed by atoms with Crippen molar-refractivity contribution in [1.29, 1.82) is 0 Å². The van der Waals surface area contributed by atoms with Gasteiger partial charge in [0, 0.05) is 40.4 Å². The van der Waals surface area contributed by atoms with Crippen molar-refractivity contribution < 1.29 is 0 Å². The number of rotatable bonds is 5. The van der Waals surface area contributed by atoms with Gasteiger partial charge >= 0.3 is 0 Å². The highest BCUT2D eigenvalue weighted by Crippen LogP contribution is 2.20. The molecule has 102 valence electrons. The summed E-state index contributed by atoms with van der Waals surface area (Å²) in [7, 11) is 2.20. The van der Waals surface area contributed by atoms with Gasteiger partial charge in [0.05, 0.1) is 0 Å². The van der Waals surface area contributed by atoms with E-state index in [0.29, 0.717) is 6.04 Å². The molecule has 1 aliphatic rings. The molecule has 0 bridgehead atoms. The van der Waals surface area contributed by atoms with E-state index in [1.54, 1.807) is 0 Å². The van der Waals surface area contributed by atoms with Crippen LogP contribution in [0.1, 0.15) is 17.7 Å². The van der Waals surface area contributed by atoms with Gasteiger partial charge in [0.25, 0.3) is 0 Å². The Balaban J connectivity index is 1.67. The van der Waals surface area contributed by atoms with Crippen molar-refractivity contribution in [3.05, 3.63) is 20.8 Å². The predicted octanol–water partition coefficient (Wildman–Crippen LogP) is 2.37. The summed E-state index contributed by atoms with van der Waals surface area (Å²) in [5.41, 5.74) is 5.92. The van der Waals surface area contributed by atoms with Crippen molar-refractivity contribution in [2.75, 3.05) is 33.2 Å². The van der Waals surface area contributed by atoms with Crippen LogP contribution in [-0.4, -0.2) is 49.1 Å². The van der Waals surface area contributed by atoms with Gasteiger partial charge in [0.1, 0.15) is 0 Å². The van der Waals surface area contributed by atoms with Gasteiger partial charge in [0.2, 0.25) is 0 Å². The molecule has 2 heterocycles. The van der Waals surface area contributed by atoms with Gasteiger partial charge in [-0.3, -0.25) is 0 Å². The SMILES string of the molecule is CN(CCN1CCC(N)CC1)Cc1cc(Br)cs1. The van der Waals surface area contributed by atoms with E-state index in [4.69, 9.17) is 5.73 Å². The van der Waals surface area contributed by atoms with E-state index >= 15 is 0 Å². The molecule has 1 saturated heterocycles. The molecule has 0 aliphatic carbocycles. The van der Waals surface area contributed by atoms with E-state index < -0.39 is 0 Å². The molecule has 0 amide bonds. The lowest BCUT2D eigenvalue weighted by atomic mass is 10.1. The molecule has 0 aromatic carbocycles. The molecule has 2 N–H and O–H groups in total. The van der Waals surface area contributed by atoms with Gasteiger partial charge < -0.3 is 15.5 Å². The van der Waals surface area contributed by atoms with Crippen molar-refractivity contribution in [3.8, 4) is 0 Å². The zero-order valence-electron chi connectivity index (χ0n) is 10.9. The lowest BCUT2D eigenvalue weighted by Gasteiger charge is -2.31. The standard InChI is InChI=1S/C13H22BrN3S/c1-16(9-13-8-11(14)10-18-13)6-7-17-4-2-12(15)3-5-17/h8,10,12H,2-7,9,15H2,1H3. The van der Waals surface area contributed by atoms with Crippen LogP contribution in [0.4, 0.5) is 0 Å². The highest BCUT2D eigenvalue weighted by molar-refractivity contribution is 9.10. The van der Waals surface area contributed by atoms with Crippen molar-refractivity contribution in [2.45, 2.75) is 25.4 Å². The summed E-state index contributed by atoms with van der Waals surface area (Å²) in [4.78, 5) is 6.35. The zero-order valence-corrected chi connectivity index (χ0v) is 13.3. The van der Waals surface area contributed by atoms with Gasteiger partial charge in [-0.2, -0.15) is 0 Å². The summed E-state index contributed by atoms with van der Waals surface area (Å²) in [5, 5.41) is 2.15. The van der Waals surface area contributed by atoms with E-state index in [2.05, 4.69) is 44.2 Å². The Morgan fingerprint density at radius 1 is 1.50 bits per heavy atom. The van der Waals surface area contributed by atoms with Crippen molar-refractivity contribution in [1.82, 2.24) is 9.80 Å². The Labute approximate surface area is 122 Å². The average Bonchev–Trinajstić information content (AvgIpc) is 2.74. The van der Waals surface area contributed by atoms with Gasteiger partial charge in [-0.05, 0) is 55.0 Å². The first-order valence-electron chi connectivity index (χ1n) is 6.53. The highest BCUT2D eigenvalue weighted by atomic mass is 79.9. The molecule has 0 atom stereocenters. The summed E-state index contributed by atoms with van der Waals surface area (Å²) >= 11 is 5.32. The third-order valence-electron chi connectivity index (χ3n) is 3.48. The number of hydrogen-bond donors (Lipinski definition) is 1. The monoisotopic (exact) mass is 331 g/mol. The first-order chi connectivity index (χ1) is 8.63. The van der Waals surface area contributed by atoms with Crippen LogP contribution in [0.3, 0.4) is 0 Å². The molecule has 1 aliphatic heterocycles. The second-order valence-corrected chi connectivity index (χ2v) is 7.06. The third kappa shape index (κ3) is 4.63. The van der Waals surface area contributed by atoms with Crippen molar-refractivity contribution >= 4 is 27.3 Å². The fraction of sp³-hybridized carbons (Fsp3) is 0.692. The quantitative estimate of drug-likeness (QED) is 0.899. The van der Waals surface area contributed by atoms with Crippen molar-refractivity contribution in [3.63, 3.8) is 0 Å². The second-order valence-electron chi connectivity index (χ2n) is 5.15. The van der Waals surface area contributed by atoms with Crippen LogP contribution in [0.15, 0.2) is 15.9 Å².